The molecule has 0 spiro atoms. The molecule has 0 N–H and O–H groups in total. The lowest BCUT2D eigenvalue weighted by atomic mass is 10.00. The molecular weight excluding hydrogens is 254 g/mol. The van der Waals surface area contributed by atoms with Gasteiger partial charge in [-0.25, -0.2) is 14.3 Å². The van der Waals surface area contributed by atoms with E-state index in [9.17, 15) is 4.79 Å². The van der Waals surface area contributed by atoms with E-state index in [0.29, 0.717) is 12.2 Å². The first kappa shape index (κ1) is 14.5. The van der Waals surface area contributed by atoms with Crippen LogP contribution in [0.2, 0.25) is 0 Å². The summed E-state index contributed by atoms with van der Waals surface area (Å²) in [5, 5.41) is 4.37. The predicted octanol–water partition coefficient (Wildman–Crippen LogP) is 2.90. The number of esters is 1. The van der Waals surface area contributed by atoms with Crippen molar-refractivity contribution in [3.05, 3.63) is 28.7 Å². The lowest BCUT2D eigenvalue weighted by molar-refractivity contribution is 0.0524. The van der Waals surface area contributed by atoms with Crippen molar-refractivity contribution in [2.75, 3.05) is 6.61 Å². The number of aryl methyl sites for hydroxylation is 2. The van der Waals surface area contributed by atoms with E-state index in [2.05, 4.69) is 17.0 Å². The van der Waals surface area contributed by atoms with Gasteiger partial charge in [0, 0.05) is 5.56 Å². The zero-order valence-corrected chi connectivity index (χ0v) is 12.7. The standard InChI is InChI=1S/C15H21N3O2/c1-6-12-10(5)17-14-13(9(3)4)11(8-16-18(12)14)15(19)20-7-2/h8-9H,6-7H2,1-5H3. The molecule has 0 radical (unpaired) electrons. The molecule has 0 unspecified atom stereocenters. The fourth-order valence-corrected chi connectivity index (χ4v) is 2.50. The maximum absolute atomic E-state index is 12.1. The quantitative estimate of drug-likeness (QED) is 0.805. The molecule has 0 aliphatic carbocycles. The molecule has 0 aliphatic rings. The summed E-state index contributed by atoms with van der Waals surface area (Å²) in [6.45, 7) is 10.3. The van der Waals surface area contributed by atoms with E-state index in [1.54, 1.807) is 13.1 Å². The molecular formula is C15H21N3O2. The number of imidazole rings is 1. The van der Waals surface area contributed by atoms with Gasteiger partial charge < -0.3 is 4.74 Å². The van der Waals surface area contributed by atoms with E-state index < -0.39 is 0 Å². The highest BCUT2D eigenvalue weighted by Gasteiger charge is 2.22. The van der Waals surface area contributed by atoms with Gasteiger partial charge >= 0.3 is 5.97 Å². The second-order valence-electron chi connectivity index (χ2n) is 5.08. The molecule has 5 nitrogen and oxygen atoms in total. The first-order valence-corrected chi connectivity index (χ1v) is 7.05. The molecule has 0 amide bonds. The highest BCUT2D eigenvalue weighted by molar-refractivity contribution is 5.92. The van der Waals surface area contributed by atoms with E-state index >= 15 is 0 Å². The first-order chi connectivity index (χ1) is 9.51. The fraction of sp³-hybridized carbons (Fsp3) is 0.533. The third-order valence-electron chi connectivity index (χ3n) is 3.39. The number of aromatic nitrogens is 3. The van der Waals surface area contributed by atoms with Crippen LogP contribution in [0.1, 0.15) is 60.9 Å². The van der Waals surface area contributed by atoms with Gasteiger partial charge in [0.2, 0.25) is 0 Å². The van der Waals surface area contributed by atoms with Crippen molar-refractivity contribution in [3.63, 3.8) is 0 Å². The number of nitrogens with zero attached hydrogens (tertiary/aromatic N) is 3. The number of fused-ring (bicyclic) bond motifs is 1. The maximum Gasteiger partial charge on any atom is 0.340 e. The van der Waals surface area contributed by atoms with Crippen LogP contribution in [0.4, 0.5) is 0 Å². The zero-order chi connectivity index (χ0) is 14.9. The summed E-state index contributed by atoms with van der Waals surface area (Å²) < 4.78 is 6.96. The Bertz CT molecular complexity index is 644. The molecule has 0 saturated carbocycles. The van der Waals surface area contributed by atoms with Gasteiger partial charge in [-0.1, -0.05) is 20.8 Å². The molecule has 2 heterocycles. The molecule has 0 bridgehead atoms. The zero-order valence-electron chi connectivity index (χ0n) is 12.7. The van der Waals surface area contributed by atoms with Gasteiger partial charge in [-0.2, -0.15) is 5.10 Å². The van der Waals surface area contributed by atoms with Crippen molar-refractivity contribution < 1.29 is 9.53 Å². The van der Waals surface area contributed by atoms with Gasteiger partial charge in [-0.15, -0.1) is 0 Å². The Morgan fingerprint density at radius 2 is 2.10 bits per heavy atom. The van der Waals surface area contributed by atoms with Crippen LogP contribution in [-0.4, -0.2) is 27.2 Å². The van der Waals surface area contributed by atoms with E-state index in [1.807, 2.05) is 25.3 Å². The Kier molecular flexibility index (Phi) is 4.06. The number of ether oxygens (including phenoxy) is 1. The molecule has 0 atom stereocenters. The largest absolute Gasteiger partial charge is 0.462 e. The Hall–Kier alpha value is -1.91. The van der Waals surface area contributed by atoms with Gasteiger partial charge in [-0.05, 0) is 26.2 Å². The molecule has 2 aromatic heterocycles. The lowest BCUT2D eigenvalue weighted by Crippen LogP contribution is -2.13. The van der Waals surface area contributed by atoms with Crippen LogP contribution < -0.4 is 0 Å². The van der Waals surface area contributed by atoms with Crippen molar-refractivity contribution in [1.82, 2.24) is 14.6 Å². The molecule has 0 fully saturated rings. The number of hydrogen-bond donors (Lipinski definition) is 0. The first-order valence-electron chi connectivity index (χ1n) is 7.05. The van der Waals surface area contributed by atoms with Gasteiger partial charge in [0.25, 0.3) is 0 Å². The van der Waals surface area contributed by atoms with Crippen molar-refractivity contribution in [2.45, 2.75) is 47.0 Å². The molecule has 0 aliphatic heterocycles. The summed E-state index contributed by atoms with van der Waals surface area (Å²) in [7, 11) is 0. The number of carbonyl (C=O) groups excluding carboxylic acids is 1. The third-order valence-corrected chi connectivity index (χ3v) is 3.39. The van der Waals surface area contributed by atoms with Gasteiger partial charge in [-0.3, -0.25) is 0 Å². The number of rotatable bonds is 4. The Morgan fingerprint density at radius 1 is 1.40 bits per heavy atom. The highest BCUT2D eigenvalue weighted by Crippen LogP contribution is 2.26. The van der Waals surface area contributed by atoms with Crippen molar-refractivity contribution in [1.29, 1.82) is 0 Å². The van der Waals surface area contributed by atoms with Gasteiger partial charge in [0.05, 0.1) is 29.8 Å². The van der Waals surface area contributed by atoms with Crippen LogP contribution in [0.25, 0.3) is 5.65 Å². The SMILES string of the molecule is CCOC(=O)c1cnn2c(CC)c(C)nc2c1C(C)C. The molecule has 0 saturated heterocycles. The minimum atomic E-state index is -0.329. The summed E-state index contributed by atoms with van der Waals surface area (Å²) in [6.07, 6.45) is 2.46. The maximum atomic E-state index is 12.1. The highest BCUT2D eigenvalue weighted by atomic mass is 16.5. The minimum Gasteiger partial charge on any atom is -0.462 e. The third kappa shape index (κ3) is 2.28. The van der Waals surface area contributed by atoms with E-state index in [-0.39, 0.29) is 11.9 Å². The summed E-state index contributed by atoms with van der Waals surface area (Å²) >= 11 is 0. The Balaban J connectivity index is 2.73. The molecule has 108 valence electrons. The predicted molar refractivity (Wildman–Crippen MR) is 77.1 cm³/mol. The molecule has 0 aromatic carbocycles. The Labute approximate surface area is 119 Å². The van der Waals surface area contributed by atoms with Crippen molar-refractivity contribution in [2.24, 2.45) is 0 Å². The second-order valence-corrected chi connectivity index (χ2v) is 5.08. The summed E-state index contributed by atoms with van der Waals surface area (Å²) in [4.78, 5) is 16.7. The summed E-state index contributed by atoms with van der Waals surface area (Å²) in [6, 6.07) is 0. The Morgan fingerprint density at radius 3 is 2.65 bits per heavy atom. The lowest BCUT2D eigenvalue weighted by Gasteiger charge is -2.12. The molecule has 2 rings (SSSR count). The molecule has 20 heavy (non-hydrogen) atoms. The average molecular weight is 275 g/mol. The monoisotopic (exact) mass is 275 g/mol. The molecule has 5 heteroatoms. The van der Waals surface area contributed by atoms with Gasteiger partial charge in [0.1, 0.15) is 0 Å². The second kappa shape index (κ2) is 5.61. The van der Waals surface area contributed by atoms with Crippen LogP contribution in [0.15, 0.2) is 6.20 Å². The van der Waals surface area contributed by atoms with Crippen molar-refractivity contribution in [3.8, 4) is 0 Å². The summed E-state index contributed by atoms with van der Waals surface area (Å²) in [5.74, 6) is -0.156. The van der Waals surface area contributed by atoms with E-state index in [0.717, 1.165) is 29.0 Å². The van der Waals surface area contributed by atoms with Crippen LogP contribution in [0.5, 0.6) is 0 Å². The van der Waals surface area contributed by atoms with E-state index in [1.165, 1.54) is 0 Å². The summed E-state index contributed by atoms with van der Waals surface area (Å²) in [5.41, 5.74) is 4.23. The van der Waals surface area contributed by atoms with Crippen LogP contribution in [0, 0.1) is 6.92 Å². The molecule has 2 aromatic rings. The van der Waals surface area contributed by atoms with Crippen molar-refractivity contribution >= 4 is 11.6 Å². The minimum absolute atomic E-state index is 0.173. The van der Waals surface area contributed by atoms with E-state index in [4.69, 9.17) is 4.74 Å². The van der Waals surface area contributed by atoms with Crippen LogP contribution in [0.3, 0.4) is 0 Å². The fourth-order valence-electron chi connectivity index (χ4n) is 2.50. The normalized spacial score (nSPS) is 11.3. The van der Waals surface area contributed by atoms with Gasteiger partial charge in [0.15, 0.2) is 5.65 Å². The van der Waals surface area contributed by atoms with Crippen LogP contribution in [-0.2, 0) is 11.2 Å². The smallest absolute Gasteiger partial charge is 0.340 e. The number of hydrogen-bond acceptors (Lipinski definition) is 4. The van der Waals surface area contributed by atoms with Crippen LogP contribution >= 0.6 is 0 Å². The number of carbonyl (C=O) groups is 1. The average Bonchev–Trinajstić information content (AvgIpc) is 2.72. The topological polar surface area (TPSA) is 56.5 Å².